The standard InChI is InChI=1S/C15H21FN2O2/c1-3-18-7-6-17(9-11(18)2)10-13-8-12(15(19)20)4-5-14(13)16/h4-5,8,11H,3,6-7,9-10H2,1-2H3,(H,19,20). The van der Waals surface area contributed by atoms with Gasteiger partial charge in [-0.25, -0.2) is 9.18 Å². The lowest BCUT2D eigenvalue weighted by Crippen LogP contribution is -2.51. The fourth-order valence-electron chi connectivity index (χ4n) is 2.75. The maximum absolute atomic E-state index is 13.8. The molecule has 0 radical (unpaired) electrons. The van der Waals surface area contributed by atoms with E-state index >= 15 is 0 Å². The summed E-state index contributed by atoms with van der Waals surface area (Å²) in [5, 5.41) is 8.97. The van der Waals surface area contributed by atoms with Crippen LogP contribution in [0.2, 0.25) is 0 Å². The number of likely N-dealkylation sites (N-methyl/N-ethyl adjacent to an activating group) is 1. The number of halogens is 1. The zero-order valence-corrected chi connectivity index (χ0v) is 12.0. The molecule has 110 valence electrons. The third-order valence-corrected chi connectivity index (χ3v) is 3.94. The summed E-state index contributed by atoms with van der Waals surface area (Å²) in [5.74, 6) is -1.35. The van der Waals surface area contributed by atoms with E-state index in [4.69, 9.17) is 5.11 Å². The zero-order valence-electron chi connectivity index (χ0n) is 12.0. The molecule has 1 saturated heterocycles. The molecule has 1 aromatic carbocycles. The maximum atomic E-state index is 13.8. The summed E-state index contributed by atoms with van der Waals surface area (Å²) in [6.07, 6.45) is 0. The Morgan fingerprint density at radius 2 is 2.20 bits per heavy atom. The number of piperazine rings is 1. The molecule has 1 atom stereocenters. The summed E-state index contributed by atoms with van der Waals surface area (Å²) in [4.78, 5) is 15.5. The summed E-state index contributed by atoms with van der Waals surface area (Å²) in [6.45, 7) is 8.53. The van der Waals surface area contributed by atoms with Crippen LogP contribution in [0, 0.1) is 5.82 Å². The zero-order chi connectivity index (χ0) is 14.7. The number of carboxylic acid groups (broad SMARTS) is 1. The highest BCUT2D eigenvalue weighted by Gasteiger charge is 2.23. The molecule has 1 aliphatic heterocycles. The molecule has 2 rings (SSSR count). The van der Waals surface area contributed by atoms with Gasteiger partial charge in [0.1, 0.15) is 5.82 Å². The highest BCUT2D eigenvalue weighted by atomic mass is 19.1. The Balaban J connectivity index is 2.07. The number of hydrogen-bond acceptors (Lipinski definition) is 3. The second-order valence-electron chi connectivity index (χ2n) is 5.32. The van der Waals surface area contributed by atoms with Gasteiger partial charge in [0.25, 0.3) is 0 Å². The fourth-order valence-corrected chi connectivity index (χ4v) is 2.75. The first-order chi connectivity index (χ1) is 9.51. The van der Waals surface area contributed by atoms with Crippen LogP contribution in [0.15, 0.2) is 18.2 Å². The first kappa shape index (κ1) is 14.9. The van der Waals surface area contributed by atoms with Crippen LogP contribution in [0.1, 0.15) is 29.8 Å². The normalized spacial score (nSPS) is 21.1. The van der Waals surface area contributed by atoms with Crippen LogP contribution in [0.3, 0.4) is 0 Å². The Kier molecular flexibility index (Phi) is 4.73. The minimum absolute atomic E-state index is 0.140. The van der Waals surface area contributed by atoms with Gasteiger partial charge >= 0.3 is 5.97 Å². The van der Waals surface area contributed by atoms with Gasteiger partial charge in [-0.1, -0.05) is 6.92 Å². The smallest absolute Gasteiger partial charge is 0.335 e. The van der Waals surface area contributed by atoms with Crippen molar-refractivity contribution in [1.29, 1.82) is 0 Å². The Labute approximate surface area is 118 Å². The van der Waals surface area contributed by atoms with E-state index in [1.165, 1.54) is 18.2 Å². The molecule has 5 heteroatoms. The molecule has 0 spiro atoms. The van der Waals surface area contributed by atoms with Crippen LogP contribution >= 0.6 is 0 Å². The van der Waals surface area contributed by atoms with E-state index in [9.17, 15) is 9.18 Å². The van der Waals surface area contributed by atoms with Gasteiger partial charge in [0.2, 0.25) is 0 Å². The quantitative estimate of drug-likeness (QED) is 0.916. The lowest BCUT2D eigenvalue weighted by molar-refractivity contribution is 0.0695. The third-order valence-electron chi connectivity index (χ3n) is 3.94. The van der Waals surface area contributed by atoms with Crippen molar-refractivity contribution in [3.8, 4) is 0 Å². The van der Waals surface area contributed by atoms with Crippen LogP contribution in [0.5, 0.6) is 0 Å². The van der Waals surface area contributed by atoms with E-state index in [-0.39, 0.29) is 11.4 Å². The Morgan fingerprint density at radius 1 is 1.45 bits per heavy atom. The molecular formula is C15H21FN2O2. The maximum Gasteiger partial charge on any atom is 0.335 e. The average molecular weight is 280 g/mol. The van der Waals surface area contributed by atoms with Crippen molar-refractivity contribution in [1.82, 2.24) is 9.80 Å². The Hall–Kier alpha value is -1.46. The van der Waals surface area contributed by atoms with Gasteiger partial charge in [-0.2, -0.15) is 0 Å². The van der Waals surface area contributed by atoms with E-state index in [0.717, 1.165) is 26.2 Å². The van der Waals surface area contributed by atoms with Crippen molar-refractivity contribution in [2.45, 2.75) is 26.4 Å². The molecule has 0 saturated carbocycles. The van der Waals surface area contributed by atoms with Crippen LogP contribution in [0.4, 0.5) is 4.39 Å². The van der Waals surface area contributed by atoms with Crippen molar-refractivity contribution in [2.24, 2.45) is 0 Å². The molecule has 1 aromatic rings. The molecule has 0 amide bonds. The number of carboxylic acids is 1. The van der Waals surface area contributed by atoms with E-state index in [1.54, 1.807) is 0 Å². The largest absolute Gasteiger partial charge is 0.478 e. The molecule has 0 bridgehead atoms. The van der Waals surface area contributed by atoms with E-state index in [0.29, 0.717) is 18.2 Å². The topological polar surface area (TPSA) is 43.8 Å². The van der Waals surface area contributed by atoms with Crippen molar-refractivity contribution in [3.05, 3.63) is 35.1 Å². The van der Waals surface area contributed by atoms with Crippen molar-refractivity contribution in [2.75, 3.05) is 26.2 Å². The van der Waals surface area contributed by atoms with Crippen LogP contribution in [0.25, 0.3) is 0 Å². The highest BCUT2D eigenvalue weighted by Crippen LogP contribution is 2.16. The number of benzene rings is 1. The van der Waals surface area contributed by atoms with E-state index < -0.39 is 5.97 Å². The van der Waals surface area contributed by atoms with Gasteiger partial charge < -0.3 is 5.11 Å². The van der Waals surface area contributed by atoms with Crippen molar-refractivity contribution >= 4 is 5.97 Å². The molecule has 1 heterocycles. The average Bonchev–Trinajstić information content (AvgIpc) is 2.41. The lowest BCUT2D eigenvalue weighted by Gasteiger charge is -2.39. The molecular weight excluding hydrogens is 259 g/mol. The number of nitrogens with zero attached hydrogens (tertiary/aromatic N) is 2. The van der Waals surface area contributed by atoms with Crippen LogP contribution in [-0.2, 0) is 6.54 Å². The Bertz CT molecular complexity index is 493. The van der Waals surface area contributed by atoms with Gasteiger partial charge in [-0.3, -0.25) is 9.80 Å². The summed E-state index contributed by atoms with van der Waals surface area (Å²) >= 11 is 0. The molecule has 4 nitrogen and oxygen atoms in total. The van der Waals surface area contributed by atoms with Crippen molar-refractivity contribution < 1.29 is 14.3 Å². The predicted octanol–water partition coefficient (Wildman–Crippen LogP) is 2.05. The molecule has 0 aromatic heterocycles. The molecule has 0 aliphatic carbocycles. The van der Waals surface area contributed by atoms with Gasteiger partial charge in [0, 0.05) is 37.8 Å². The summed E-state index contributed by atoms with van der Waals surface area (Å²) in [5.41, 5.74) is 0.601. The number of aromatic carboxylic acids is 1. The first-order valence-electron chi connectivity index (χ1n) is 6.99. The molecule has 20 heavy (non-hydrogen) atoms. The summed E-state index contributed by atoms with van der Waals surface area (Å²) in [7, 11) is 0. The number of hydrogen-bond donors (Lipinski definition) is 1. The van der Waals surface area contributed by atoms with Gasteiger partial charge in [0.15, 0.2) is 0 Å². The van der Waals surface area contributed by atoms with Crippen LogP contribution < -0.4 is 0 Å². The lowest BCUT2D eigenvalue weighted by atomic mass is 10.1. The first-order valence-corrected chi connectivity index (χ1v) is 6.99. The van der Waals surface area contributed by atoms with Gasteiger partial charge in [-0.15, -0.1) is 0 Å². The molecule has 1 unspecified atom stereocenters. The second kappa shape index (κ2) is 6.33. The summed E-state index contributed by atoms with van der Waals surface area (Å²) in [6, 6.07) is 4.43. The van der Waals surface area contributed by atoms with E-state index in [2.05, 4.69) is 23.6 Å². The SMILES string of the molecule is CCN1CCN(Cc2cc(C(=O)O)ccc2F)CC1C. The minimum atomic E-state index is -1.02. The highest BCUT2D eigenvalue weighted by molar-refractivity contribution is 5.87. The number of carbonyl (C=O) groups is 1. The van der Waals surface area contributed by atoms with E-state index in [1.807, 2.05) is 0 Å². The second-order valence-corrected chi connectivity index (χ2v) is 5.32. The predicted molar refractivity (Wildman–Crippen MR) is 75.3 cm³/mol. The molecule has 1 N–H and O–H groups in total. The molecule has 1 aliphatic rings. The summed E-state index contributed by atoms with van der Waals surface area (Å²) < 4.78 is 13.8. The Morgan fingerprint density at radius 3 is 2.80 bits per heavy atom. The minimum Gasteiger partial charge on any atom is -0.478 e. The molecule has 1 fully saturated rings. The van der Waals surface area contributed by atoms with Crippen LogP contribution in [-0.4, -0.2) is 53.1 Å². The fraction of sp³-hybridized carbons (Fsp3) is 0.533. The monoisotopic (exact) mass is 280 g/mol. The third kappa shape index (κ3) is 3.35. The van der Waals surface area contributed by atoms with Gasteiger partial charge in [-0.05, 0) is 31.7 Å². The van der Waals surface area contributed by atoms with Gasteiger partial charge in [0.05, 0.1) is 5.56 Å². The van der Waals surface area contributed by atoms with Crippen molar-refractivity contribution in [3.63, 3.8) is 0 Å². The number of rotatable bonds is 4.